The van der Waals surface area contributed by atoms with E-state index in [1.807, 2.05) is 18.3 Å². The molecule has 0 N–H and O–H groups in total. The molecule has 0 spiro atoms. The average molecular weight is 345 g/mol. The number of aromatic nitrogens is 4. The molecule has 3 aromatic rings. The van der Waals surface area contributed by atoms with Crippen molar-refractivity contribution >= 4 is 38.7 Å². The molecule has 1 aliphatic rings. The van der Waals surface area contributed by atoms with Gasteiger partial charge in [0.05, 0.1) is 11.9 Å². The van der Waals surface area contributed by atoms with Gasteiger partial charge in [-0.1, -0.05) is 18.3 Å². The monoisotopic (exact) mass is 345 g/mol. The van der Waals surface area contributed by atoms with Gasteiger partial charge in [0.25, 0.3) is 0 Å². The van der Waals surface area contributed by atoms with Gasteiger partial charge in [0, 0.05) is 11.9 Å². The highest BCUT2D eigenvalue weighted by Crippen LogP contribution is 2.40. The Kier molecular flexibility index (Phi) is 3.77. The normalized spacial score (nSPS) is 17.4. The van der Waals surface area contributed by atoms with Gasteiger partial charge in [-0.25, -0.2) is 9.97 Å². The molecule has 3 aromatic heterocycles. The van der Waals surface area contributed by atoms with E-state index in [0.29, 0.717) is 0 Å². The highest BCUT2D eigenvalue weighted by molar-refractivity contribution is 7.19. The summed E-state index contributed by atoms with van der Waals surface area (Å²) in [5, 5.41) is 11.6. The Morgan fingerprint density at radius 2 is 2.13 bits per heavy atom. The summed E-state index contributed by atoms with van der Waals surface area (Å²) in [6.45, 7) is 5.06. The molecule has 23 heavy (non-hydrogen) atoms. The maximum absolute atomic E-state index is 4.59. The van der Waals surface area contributed by atoms with E-state index in [9.17, 15) is 0 Å². The van der Waals surface area contributed by atoms with E-state index in [4.69, 9.17) is 0 Å². The SMILES string of the molecule is Cc1nnc(CN(C)c2ncnc3sc4c(c23)CCC(C)C4)s1. The lowest BCUT2D eigenvalue weighted by molar-refractivity contribution is 0.509. The highest BCUT2D eigenvalue weighted by Gasteiger charge is 2.24. The number of rotatable bonds is 3. The molecule has 0 radical (unpaired) electrons. The molecule has 4 rings (SSSR count). The van der Waals surface area contributed by atoms with Crippen LogP contribution in [0.15, 0.2) is 6.33 Å². The lowest BCUT2D eigenvalue weighted by Gasteiger charge is -2.20. The topological polar surface area (TPSA) is 54.8 Å². The van der Waals surface area contributed by atoms with Crippen LogP contribution in [-0.4, -0.2) is 27.2 Å². The van der Waals surface area contributed by atoms with Crippen LogP contribution in [-0.2, 0) is 19.4 Å². The molecule has 1 atom stereocenters. The molecule has 0 saturated heterocycles. The number of thiophene rings is 1. The second-order valence-corrected chi connectivity index (χ2v) is 8.65. The van der Waals surface area contributed by atoms with Gasteiger partial charge in [-0.05, 0) is 37.7 Å². The fraction of sp³-hybridized carbons (Fsp3) is 0.500. The fourth-order valence-corrected chi connectivity index (χ4v) is 5.33. The number of hydrogen-bond acceptors (Lipinski definition) is 7. The zero-order chi connectivity index (χ0) is 16.0. The van der Waals surface area contributed by atoms with Gasteiger partial charge in [-0.2, -0.15) is 0 Å². The largest absolute Gasteiger partial charge is 0.352 e. The molecule has 0 bridgehead atoms. The predicted octanol–water partition coefficient (Wildman–Crippen LogP) is 3.61. The van der Waals surface area contributed by atoms with E-state index in [-0.39, 0.29) is 0 Å². The van der Waals surface area contributed by atoms with Crippen LogP contribution >= 0.6 is 22.7 Å². The molecule has 0 aromatic carbocycles. The van der Waals surface area contributed by atoms with Crippen LogP contribution < -0.4 is 4.90 Å². The second kappa shape index (κ2) is 5.79. The molecule has 7 heteroatoms. The predicted molar refractivity (Wildman–Crippen MR) is 95.4 cm³/mol. The first-order chi connectivity index (χ1) is 11.1. The summed E-state index contributed by atoms with van der Waals surface area (Å²) in [7, 11) is 2.08. The molecule has 120 valence electrons. The van der Waals surface area contributed by atoms with Crippen LogP contribution in [0.2, 0.25) is 0 Å². The van der Waals surface area contributed by atoms with Crippen molar-refractivity contribution in [2.75, 3.05) is 11.9 Å². The van der Waals surface area contributed by atoms with Crippen molar-refractivity contribution in [2.24, 2.45) is 5.92 Å². The summed E-state index contributed by atoms with van der Waals surface area (Å²) in [5.74, 6) is 1.80. The summed E-state index contributed by atoms with van der Waals surface area (Å²) in [4.78, 5) is 13.9. The Labute approximate surface area is 143 Å². The summed E-state index contributed by atoms with van der Waals surface area (Å²) >= 11 is 3.48. The lowest BCUT2D eigenvalue weighted by atomic mass is 9.89. The number of hydrogen-bond donors (Lipinski definition) is 0. The van der Waals surface area contributed by atoms with E-state index in [0.717, 1.165) is 39.5 Å². The number of anilines is 1. The maximum Gasteiger partial charge on any atom is 0.141 e. The Hall–Kier alpha value is -1.60. The zero-order valence-corrected chi connectivity index (χ0v) is 15.2. The van der Waals surface area contributed by atoms with Gasteiger partial charge < -0.3 is 4.90 Å². The first-order valence-electron chi connectivity index (χ1n) is 7.87. The molecule has 5 nitrogen and oxygen atoms in total. The van der Waals surface area contributed by atoms with Crippen LogP contribution in [0.4, 0.5) is 5.82 Å². The molecule has 0 fully saturated rings. The summed E-state index contributed by atoms with van der Waals surface area (Å²) in [6.07, 6.45) is 5.26. The maximum atomic E-state index is 4.59. The molecule has 0 amide bonds. The average Bonchev–Trinajstić information content (AvgIpc) is 3.09. The van der Waals surface area contributed by atoms with Crippen molar-refractivity contribution in [1.29, 1.82) is 0 Å². The number of aryl methyl sites for hydroxylation is 2. The second-order valence-electron chi connectivity index (χ2n) is 6.30. The third-order valence-corrected chi connectivity index (χ3v) is 6.36. The van der Waals surface area contributed by atoms with E-state index in [1.54, 1.807) is 17.7 Å². The van der Waals surface area contributed by atoms with Gasteiger partial charge in [-0.15, -0.1) is 21.5 Å². The van der Waals surface area contributed by atoms with Gasteiger partial charge in [-0.3, -0.25) is 0 Å². The lowest BCUT2D eigenvalue weighted by Crippen LogP contribution is -2.18. The van der Waals surface area contributed by atoms with E-state index in [1.165, 1.54) is 28.7 Å². The van der Waals surface area contributed by atoms with Crippen LogP contribution in [0, 0.1) is 12.8 Å². The van der Waals surface area contributed by atoms with Gasteiger partial charge in [0.2, 0.25) is 0 Å². The molecule has 1 unspecified atom stereocenters. The summed E-state index contributed by atoms with van der Waals surface area (Å²) in [5.41, 5.74) is 1.47. The van der Waals surface area contributed by atoms with Crippen molar-refractivity contribution < 1.29 is 0 Å². The highest BCUT2D eigenvalue weighted by atomic mass is 32.1. The number of nitrogens with zero attached hydrogens (tertiary/aromatic N) is 5. The van der Waals surface area contributed by atoms with Gasteiger partial charge in [0.15, 0.2) is 0 Å². The van der Waals surface area contributed by atoms with Crippen molar-refractivity contribution in [1.82, 2.24) is 20.2 Å². The van der Waals surface area contributed by atoms with E-state index < -0.39 is 0 Å². The molecule has 3 heterocycles. The minimum Gasteiger partial charge on any atom is -0.352 e. The van der Waals surface area contributed by atoms with Crippen LogP contribution in [0.25, 0.3) is 10.2 Å². The fourth-order valence-electron chi connectivity index (χ4n) is 3.23. The zero-order valence-electron chi connectivity index (χ0n) is 13.5. The molecular weight excluding hydrogens is 326 g/mol. The van der Waals surface area contributed by atoms with Gasteiger partial charge in [0.1, 0.15) is 27.0 Å². The van der Waals surface area contributed by atoms with E-state index >= 15 is 0 Å². The van der Waals surface area contributed by atoms with Crippen molar-refractivity contribution in [2.45, 2.75) is 39.7 Å². The Morgan fingerprint density at radius 3 is 2.91 bits per heavy atom. The van der Waals surface area contributed by atoms with Crippen molar-refractivity contribution in [3.8, 4) is 0 Å². The Morgan fingerprint density at radius 1 is 1.26 bits per heavy atom. The van der Waals surface area contributed by atoms with Crippen LogP contribution in [0.5, 0.6) is 0 Å². The molecular formula is C16H19N5S2. The van der Waals surface area contributed by atoms with Gasteiger partial charge >= 0.3 is 0 Å². The van der Waals surface area contributed by atoms with Crippen LogP contribution in [0.1, 0.15) is 33.8 Å². The molecule has 1 aliphatic carbocycles. The minimum absolute atomic E-state index is 0.735. The summed E-state index contributed by atoms with van der Waals surface area (Å²) < 4.78 is 0. The van der Waals surface area contributed by atoms with E-state index in [2.05, 4.69) is 39.0 Å². The van der Waals surface area contributed by atoms with Crippen molar-refractivity contribution in [3.63, 3.8) is 0 Å². The third kappa shape index (κ3) is 2.72. The van der Waals surface area contributed by atoms with Crippen LogP contribution in [0.3, 0.4) is 0 Å². The minimum atomic E-state index is 0.735. The Balaban J connectivity index is 1.74. The summed E-state index contributed by atoms with van der Waals surface area (Å²) in [6, 6.07) is 0. The standard InChI is InChI=1S/C16H19N5S2/c1-9-4-5-11-12(6-9)23-16-14(11)15(17-8-18-16)21(3)7-13-20-19-10(2)22-13/h8-9H,4-7H2,1-3H3. The smallest absolute Gasteiger partial charge is 0.141 e. The Bertz CT molecular complexity index is 853. The first-order valence-corrected chi connectivity index (χ1v) is 9.50. The first kappa shape index (κ1) is 15.0. The number of fused-ring (bicyclic) bond motifs is 3. The molecule has 0 saturated carbocycles. The van der Waals surface area contributed by atoms with Crippen molar-refractivity contribution in [3.05, 3.63) is 26.8 Å². The quantitative estimate of drug-likeness (QED) is 0.726. The molecule has 0 aliphatic heterocycles. The third-order valence-electron chi connectivity index (χ3n) is 4.37.